The second-order valence-electron chi connectivity index (χ2n) is 3.12. The molecule has 0 aliphatic carbocycles. The zero-order valence-corrected chi connectivity index (χ0v) is 9.08. The maximum Gasteiger partial charge on any atom is 0.0669 e. The van der Waals surface area contributed by atoms with Crippen LogP contribution in [0.4, 0.5) is 0 Å². The van der Waals surface area contributed by atoms with Gasteiger partial charge in [0.15, 0.2) is 0 Å². The number of nitriles is 1. The zero-order chi connectivity index (χ0) is 9.97. The van der Waals surface area contributed by atoms with Crippen LogP contribution in [0, 0.1) is 11.3 Å². The van der Waals surface area contributed by atoms with Gasteiger partial charge in [0.2, 0.25) is 0 Å². The van der Waals surface area contributed by atoms with Gasteiger partial charge < -0.3 is 0 Å². The molecule has 0 atom stereocenters. The summed E-state index contributed by atoms with van der Waals surface area (Å²) in [6, 6.07) is 14.3. The van der Waals surface area contributed by atoms with E-state index in [-0.39, 0.29) is 0 Å². The van der Waals surface area contributed by atoms with Gasteiger partial charge in [0.05, 0.1) is 12.5 Å². The normalized spacial score (nSPS) is 10.0. The highest BCUT2D eigenvalue weighted by Crippen LogP contribution is 2.22. The van der Waals surface area contributed by atoms with Crippen molar-refractivity contribution in [1.82, 2.24) is 0 Å². The van der Waals surface area contributed by atoms with Crippen molar-refractivity contribution in [3.63, 3.8) is 0 Å². The Kier molecular flexibility index (Phi) is 2.51. The Bertz CT molecular complexity index is 511. The molecular weight excluding hydrogens is 238 g/mol. The van der Waals surface area contributed by atoms with Crippen molar-refractivity contribution in [2.75, 3.05) is 0 Å². The smallest absolute Gasteiger partial charge is 0.0669 e. The third-order valence-electron chi connectivity index (χ3n) is 2.20. The average molecular weight is 246 g/mol. The fourth-order valence-corrected chi connectivity index (χ4v) is 1.94. The molecule has 0 aliphatic rings. The number of benzene rings is 2. The van der Waals surface area contributed by atoms with Crippen molar-refractivity contribution in [3.8, 4) is 6.07 Å². The summed E-state index contributed by atoms with van der Waals surface area (Å²) in [6.07, 6.45) is 0.471. The Labute approximate surface area is 91.1 Å². The number of fused-ring (bicyclic) bond motifs is 1. The van der Waals surface area contributed by atoms with E-state index in [1.807, 2.05) is 24.3 Å². The van der Waals surface area contributed by atoms with Crippen LogP contribution >= 0.6 is 15.9 Å². The molecule has 0 saturated carbocycles. The molecule has 68 valence electrons. The highest BCUT2D eigenvalue weighted by molar-refractivity contribution is 9.10. The summed E-state index contributed by atoms with van der Waals surface area (Å²) in [4.78, 5) is 0. The molecule has 0 radical (unpaired) electrons. The number of hydrogen-bond donors (Lipinski definition) is 0. The summed E-state index contributed by atoms with van der Waals surface area (Å²) in [5.41, 5.74) is 1.09. The van der Waals surface area contributed by atoms with Gasteiger partial charge in [-0.05, 0) is 28.5 Å². The van der Waals surface area contributed by atoms with Gasteiger partial charge >= 0.3 is 0 Å². The molecular formula is C12H8BrN. The van der Waals surface area contributed by atoms with E-state index in [9.17, 15) is 0 Å². The second kappa shape index (κ2) is 3.81. The summed E-state index contributed by atoms with van der Waals surface area (Å²) in [6.45, 7) is 0. The molecule has 0 unspecified atom stereocenters. The molecule has 1 nitrogen and oxygen atoms in total. The van der Waals surface area contributed by atoms with Crippen LogP contribution in [0.5, 0.6) is 0 Å². The first-order chi connectivity index (χ1) is 6.81. The van der Waals surface area contributed by atoms with Crippen molar-refractivity contribution in [2.45, 2.75) is 6.42 Å². The molecule has 2 aromatic carbocycles. The number of rotatable bonds is 1. The molecule has 0 fully saturated rings. The molecule has 0 saturated heterocycles. The lowest BCUT2D eigenvalue weighted by Crippen LogP contribution is -1.83. The van der Waals surface area contributed by atoms with Crippen LogP contribution in [-0.4, -0.2) is 0 Å². The van der Waals surface area contributed by atoms with Gasteiger partial charge in [-0.3, -0.25) is 0 Å². The standard InChI is InChI=1S/C12H8BrN/c13-11-4-5-12-9(6-7-14)2-1-3-10(12)8-11/h1-5,8H,6H2. The summed E-state index contributed by atoms with van der Waals surface area (Å²) >= 11 is 3.43. The molecule has 0 heterocycles. The lowest BCUT2D eigenvalue weighted by atomic mass is 10.0. The SMILES string of the molecule is N#CCc1cccc2cc(Br)ccc12. The first-order valence-corrected chi connectivity index (χ1v) is 5.14. The lowest BCUT2D eigenvalue weighted by Gasteiger charge is -2.02. The van der Waals surface area contributed by atoms with E-state index in [0.717, 1.165) is 15.4 Å². The van der Waals surface area contributed by atoms with Crippen LogP contribution in [0.15, 0.2) is 40.9 Å². The van der Waals surface area contributed by atoms with Gasteiger partial charge in [0.25, 0.3) is 0 Å². The van der Waals surface area contributed by atoms with E-state index in [2.05, 4.69) is 34.1 Å². The summed E-state index contributed by atoms with van der Waals surface area (Å²) in [5, 5.41) is 11.0. The molecule has 2 rings (SSSR count). The summed E-state index contributed by atoms with van der Waals surface area (Å²) < 4.78 is 1.07. The minimum atomic E-state index is 0.471. The lowest BCUT2D eigenvalue weighted by molar-refractivity contribution is 1.29. The minimum absolute atomic E-state index is 0.471. The largest absolute Gasteiger partial charge is 0.198 e. The quantitative estimate of drug-likeness (QED) is 0.753. The fourth-order valence-electron chi connectivity index (χ4n) is 1.56. The van der Waals surface area contributed by atoms with Crippen molar-refractivity contribution >= 4 is 26.7 Å². The fraction of sp³-hybridized carbons (Fsp3) is 0.0833. The third-order valence-corrected chi connectivity index (χ3v) is 2.70. The van der Waals surface area contributed by atoms with Crippen molar-refractivity contribution < 1.29 is 0 Å². The monoisotopic (exact) mass is 245 g/mol. The molecule has 0 amide bonds. The highest BCUT2D eigenvalue weighted by atomic mass is 79.9. The van der Waals surface area contributed by atoms with Gasteiger partial charge in [-0.25, -0.2) is 0 Å². The Balaban J connectivity index is 2.70. The van der Waals surface area contributed by atoms with Gasteiger partial charge in [-0.1, -0.05) is 40.2 Å². The van der Waals surface area contributed by atoms with Crippen LogP contribution in [0.2, 0.25) is 0 Å². The van der Waals surface area contributed by atoms with Crippen LogP contribution in [0.25, 0.3) is 10.8 Å². The van der Waals surface area contributed by atoms with Gasteiger partial charge in [-0.15, -0.1) is 0 Å². The van der Waals surface area contributed by atoms with Gasteiger partial charge in [0.1, 0.15) is 0 Å². The molecule has 0 aromatic heterocycles. The average Bonchev–Trinajstić information content (AvgIpc) is 2.18. The molecule has 0 bridgehead atoms. The second-order valence-corrected chi connectivity index (χ2v) is 4.03. The number of nitrogens with zero attached hydrogens (tertiary/aromatic N) is 1. The summed E-state index contributed by atoms with van der Waals surface area (Å²) in [5.74, 6) is 0. The first kappa shape index (κ1) is 9.23. The Morgan fingerprint density at radius 3 is 2.86 bits per heavy atom. The van der Waals surface area contributed by atoms with E-state index in [1.165, 1.54) is 5.39 Å². The first-order valence-electron chi connectivity index (χ1n) is 4.35. The van der Waals surface area contributed by atoms with E-state index in [0.29, 0.717) is 6.42 Å². The van der Waals surface area contributed by atoms with Crippen molar-refractivity contribution in [3.05, 3.63) is 46.4 Å². The Morgan fingerprint density at radius 1 is 1.21 bits per heavy atom. The molecule has 2 heteroatoms. The van der Waals surface area contributed by atoms with E-state index in [1.54, 1.807) is 0 Å². The maximum atomic E-state index is 8.67. The molecule has 0 N–H and O–H groups in total. The van der Waals surface area contributed by atoms with Crippen molar-refractivity contribution in [1.29, 1.82) is 5.26 Å². The van der Waals surface area contributed by atoms with Gasteiger partial charge in [-0.2, -0.15) is 5.26 Å². The molecule has 2 aromatic rings. The highest BCUT2D eigenvalue weighted by Gasteiger charge is 1.99. The Hall–Kier alpha value is -1.33. The molecule has 0 aliphatic heterocycles. The maximum absolute atomic E-state index is 8.67. The van der Waals surface area contributed by atoms with Crippen LogP contribution in [-0.2, 0) is 6.42 Å². The molecule has 0 spiro atoms. The zero-order valence-electron chi connectivity index (χ0n) is 7.50. The third kappa shape index (κ3) is 1.64. The van der Waals surface area contributed by atoms with E-state index in [4.69, 9.17) is 5.26 Å². The van der Waals surface area contributed by atoms with Gasteiger partial charge in [0, 0.05) is 4.47 Å². The predicted octanol–water partition coefficient (Wildman–Crippen LogP) is 3.67. The Morgan fingerprint density at radius 2 is 2.07 bits per heavy atom. The number of hydrogen-bond acceptors (Lipinski definition) is 1. The molecule has 14 heavy (non-hydrogen) atoms. The van der Waals surface area contributed by atoms with Crippen LogP contribution < -0.4 is 0 Å². The van der Waals surface area contributed by atoms with Crippen LogP contribution in [0.3, 0.4) is 0 Å². The minimum Gasteiger partial charge on any atom is -0.198 e. The predicted molar refractivity (Wildman–Crippen MR) is 61.0 cm³/mol. The van der Waals surface area contributed by atoms with E-state index < -0.39 is 0 Å². The summed E-state index contributed by atoms with van der Waals surface area (Å²) in [7, 11) is 0. The topological polar surface area (TPSA) is 23.8 Å². The van der Waals surface area contributed by atoms with Crippen LogP contribution in [0.1, 0.15) is 5.56 Å². The van der Waals surface area contributed by atoms with Crippen molar-refractivity contribution in [2.24, 2.45) is 0 Å². The number of halogens is 1. The van der Waals surface area contributed by atoms with E-state index >= 15 is 0 Å².